The lowest BCUT2D eigenvalue weighted by molar-refractivity contribution is -0.139. The molecule has 2 fully saturated rings. The fourth-order valence-corrected chi connectivity index (χ4v) is 2.40. The van der Waals surface area contributed by atoms with Crippen molar-refractivity contribution in [3.63, 3.8) is 0 Å². The van der Waals surface area contributed by atoms with Crippen molar-refractivity contribution in [3.05, 3.63) is 0 Å². The van der Waals surface area contributed by atoms with Gasteiger partial charge in [0, 0.05) is 13.6 Å². The van der Waals surface area contributed by atoms with Gasteiger partial charge in [-0.3, -0.25) is 9.80 Å². The number of hydrogen-bond acceptors (Lipinski definition) is 3. The number of hydrazine groups is 1. The van der Waals surface area contributed by atoms with Gasteiger partial charge >= 0.3 is 0 Å². The van der Waals surface area contributed by atoms with Gasteiger partial charge in [0.25, 0.3) is 0 Å². The van der Waals surface area contributed by atoms with Crippen molar-refractivity contribution < 1.29 is 4.79 Å². The van der Waals surface area contributed by atoms with Crippen LogP contribution < -0.4 is 10.7 Å². The van der Waals surface area contributed by atoms with E-state index in [4.69, 9.17) is 0 Å². The molecule has 2 heterocycles. The summed E-state index contributed by atoms with van der Waals surface area (Å²) in [6.07, 6.45) is 3.03. The topological polar surface area (TPSA) is 44.4 Å². The minimum Gasteiger partial charge on any atom is -0.317 e. The zero-order valence-electron chi connectivity index (χ0n) is 8.10. The summed E-state index contributed by atoms with van der Waals surface area (Å²) in [4.78, 5) is 11.9. The maximum Gasteiger partial charge on any atom is 0.243 e. The number of nitrogens with one attached hydrogen (secondary N) is 2. The minimum absolute atomic E-state index is 0.0335. The Morgan fingerprint density at radius 2 is 2.08 bits per heavy atom. The number of carbonyl (C=O) groups is 1. The van der Waals surface area contributed by atoms with Crippen LogP contribution in [0.15, 0.2) is 0 Å². The molecule has 2 N–H and O–H groups in total. The van der Waals surface area contributed by atoms with Gasteiger partial charge in [0.1, 0.15) is 0 Å². The second kappa shape index (κ2) is 3.27. The zero-order valence-corrected chi connectivity index (χ0v) is 8.10. The smallest absolute Gasteiger partial charge is 0.243 e. The molecule has 0 bridgehead atoms. The van der Waals surface area contributed by atoms with Crippen LogP contribution in [0.1, 0.15) is 19.3 Å². The summed E-state index contributed by atoms with van der Waals surface area (Å²) in [5, 5.41) is 5.05. The predicted octanol–water partition coefficient (Wildman–Crippen LogP) is -0.277. The predicted molar refractivity (Wildman–Crippen MR) is 49.9 cm³/mol. The van der Waals surface area contributed by atoms with Crippen LogP contribution in [0.4, 0.5) is 0 Å². The van der Waals surface area contributed by atoms with E-state index in [1.54, 1.807) is 5.01 Å². The lowest BCUT2D eigenvalue weighted by Crippen LogP contribution is -2.45. The Bertz CT molecular complexity index is 211. The Labute approximate surface area is 78.6 Å². The molecular weight excluding hydrogens is 166 g/mol. The van der Waals surface area contributed by atoms with Gasteiger partial charge in [0.05, 0.1) is 5.41 Å². The Morgan fingerprint density at radius 1 is 1.38 bits per heavy atom. The summed E-state index contributed by atoms with van der Waals surface area (Å²) >= 11 is 0. The van der Waals surface area contributed by atoms with Gasteiger partial charge in [-0.2, -0.15) is 0 Å². The molecule has 2 aliphatic heterocycles. The van der Waals surface area contributed by atoms with Crippen LogP contribution in [0.2, 0.25) is 0 Å². The van der Waals surface area contributed by atoms with Crippen LogP contribution in [-0.4, -0.2) is 37.6 Å². The van der Waals surface area contributed by atoms with Crippen molar-refractivity contribution >= 4 is 5.91 Å². The van der Waals surface area contributed by atoms with Crippen LogP contribution in [0.5, 0.6) is 0 Å². The third kappa shape index (κ3) is 1.34. The SMILES string of the molecule is CNN1CCC2(CCNCC2)C1=O. The largest absolute Gasteiger partial charge is 0.317 e. The number of hydrogen-bond donors (Lipinski definition) is 2. The van der Waals surface area contributed by atoms with E-state index < -0.39 is 0 Å². The molecule has 4 nitrogen and oxygen atoms in total. The highest BCUT2D eigenvalue weighted by molar-refractivity contribution is 5.84. The molecule has 0 aliphatic carbocycles. The highest BCUT2D eigenvalue weighted by atomic mass is 16.2. The molecule has 74 valence electrons. The standard InChI is InChI=1S/C9H17N3O/c1-10-12-7-4-9(8(12)13)2-5-11-6-3-9/h10-11H,2-7H2,1H3. The number of piperidine rings is 1. The molecule has 1 spiro atoms. The van der Waals surface area contributed by atoms with Crippen molar-refractivity contribution in [3.8, 4) is 0 Å². The molecule has 0 aromatic heterocycles. The van der Waals surface area contributed by atoms with Crippen molar-refractivity contribution in [1.82, 2.24) is 15.8 Å². The fraction of sp³-hybridized carbons (Fsp3) is 0.889. The highest BCUT2D eigenvalue weighted by Gasteiger charge is 2.46. The molecule has 13 heavy (non-hydrogen) atoms. The average molecular weight is 183 g/mol. The molecule has 0 unspecified atom stereocenters. The number of amides is 1. The summed E-state index contributed by atoms with van der Waals surface area (Å²) < 4.78 is 0. The molecular formula is C9H17N3O. The van der Waals surface area contributed by atoms with Gasteiger partial charge in [-0.15, -0.1) is 0 Å². The molecule has 2 saturated heterocycles. The third-order valence-corrected chi connectivity index (χ3v) is 3.34. The lowest BCUT2D eigenvalue weighted by atomic mass is 9.78. The van der Waals surface area contributed by atoms with Gasteiger partial charge in [-0.1, -0.05) is 0 Å². The monoisotopic (exact) mass is 183 g/mol. The lowest BCUT2D eigenvalue weighted by Gasteiger charge is -2.31. The molecule has 0 radical (unpaired) electrons. The Kier molecular flexibility index (Phi) is 2.26. The number of rotatable bonds is 1. The quantitative estimate of drug-likeness (QED) is 0.588. The summed E-state index contributed by atoms with van der Waals surface area (Å²) in [6.45, 7) is 2.85. The van der Waals surface area contributed by atoms with Crippen molar-refractivity contribution in [1.29, 1.82) is 0 Å². The van der Waals surface area contributed by atoms with Gasteiger partial charge in [-0.05, 0) is 32.4 Å². The minimum atomic E-state index is -0.0335. The average Bonchev–Trinajstić information content (AvgIpc) is 2.47. The molecule has 2 rings (SSSR count). The normalized spacial score (nSPS) is 27.2. The molecule has 0 aromatic carbocycles. The van der Waals surface area contributed by atoms with Gasteiger partial charge in [-0.25, -0.2) is 5.43 Å². The highest BCUT2D eigenvalue weighted by Crippen LogP contribution is 2.38. The molecule has 1 amide bonds. The summed E-state index contributed by atoms with van der Waals surface area (Å²) in [6, 6.07) is 0. The summed E-state index contributed by atoms with van der Waals surface area (Å²) in [5.41, 5.74) is 2.92. The van der Waals surface area contributed by atoms with Crippen molar-refractivity contribution in [2.75, 3.05) is 26.7 Å². The van der Waals surface area contributed by atoms with Crippen LogP contribution in [0.25, 0.3) is 0 Å². The van der Waals surface area contributed by atoms with Gasteiger partial charge < -0.3 is 5.32 Å². The molecule has 0 saturated carbocycles. The summed E-state index contributed by atoms with van der Waals surface area (Å²) in [7, 11) is 1.82. The zero-order chi connectivity index (χ0) is 9.31. The Morgan fingerprint density at radius 3 is 2.62 bits per heavy atom. The number of carbonyl (C=O) groups excluding carboxylic acids is 1. The van der Waals surface area contributed by atoms with E-state index in [0.29, 0.717) is 5.91 Å². The second-order valence-electron chi connectivity index (χ2n) is 3.96. The van der Waals surface area contributed by atoms with E-state index >= 15 is 0 Å². The first kappa shape index (κ1) is 8.97. The first-order chi connectivity index (χ1) is 6.28. The molecule has 4 heteroatoms. The van der Waals surface area contributed by atoms with E-state index in [9.17, 15) is 4.79 Å². The van der Waals surface area contributed by atoms with E-state index in [1.807, 2.05) is 7.05 Å². The number of nitrogens with zero attached hydrogens (tertiary/aromatic N) is 1. The maximum atomic E-state index is 11.9. The molecule has 2 aliphatic rings. The second-order valence-corrected chi connectivity index (χ2v) is 3.96. The van der Waals surface area contributed by atoms with E-state index in [0.717, 1.165) is 38.9 Å². The first-order valence-corrected chi connectivity index (χ1v) is 4.99. The van der Waals surface area contributed by atoms with Crippen LogP contribution in [0, 0.1) is 5.41 Å². The van der Waals surface area contributed by atoms with Crippen LogP contribution in [-0.2, 0) is 4.79 Å². The molecule has 0 aromatic rings. The maximum absolute atomic E-state index is 11.9. The molecule has 0 atom stereocenters. The van der Waals surface area contributed by atoms with Gasteiger partial charge in [0.15, 0.2) is 0 Å². The van der Waals surface area contributed by atoms with Crippen molar-refractivity contribution in [2.45, 2.75) is 19.3 Å². The van der Waals surface area contributed by atoms with E-state index in [2.05, 4.69) is 10.7 Å². The Hall–Kier alpha value is -0.610. The Balaban J connectivity index is 2.10. The van der Waals surface area contributed by atoms with E-state index in [1.165, 1.54) is 0 Å². The fourth-order valence-electron chi connectivity index (χ4n) is 2.40. The third-order valence-electron chi connectivity index (χ3n) is 3.34. The summed E-state index contributed by atoms with van der Waals surface area (Å²) in [5.74, 6) is 0.302. The van der Waals surface area contributed by atoms with Crippen LogP contribution >= 0.6 is 0 Å². The van der Waals surface area contributed by atoms with Gasteiger partial charge in [0.2, 0.25) is 5.91 Å². The van der Waals surface area contributed by atoms with Crippen LogP contribution in [0.3, 0.4) is 0 Å². The van der Waals surface area contributed by atoms with E-state index in [-0.39, 0.29) is 5.41 Å². The van der Waals surface area contributed by atoms with Crippen molar-refractivity contribution in [2.24, 2.45) is 5.41 Å². The first-order valence-electron chi connectivity index (χ1n) is 4.99.